The van der Waals surface area contributed by atoms with E-state index >= 15 is 0 Å². The van der Waals surface area contributed by atoms with E-state index in [1.54, 1.807) is 49.8 Å². The van der Waals surface area contributed by atoms with Gasteiger partial charge in [-0.15, -0.1) is 0 Å². The van der Waals surface area contributed by atoms with Crippen molar-refractivity contribution >= 4 is 33.2 Å². The van der Waals surface area contributed by atoms with Crippen LogP contribution in [-0.2, 0) is 4.79 Å². The monoisotopic (exact) mass is 335 g/mol. The van der Waals surface area contributed by atoms with Gasteiger partial charge in [0.25, 0.3) is 5.91 Å². The Morgan fingerprint density at radius 1 is 1.35 bits per heavy atom. The summed E-state index contributed by atoms with van der Waals surface area (Å²) in [5, 5.41) is 0. The minimum absolute atomic E-state index is 0.0565. The lowest BCUT2D eigenvalue weighted by Gasteiger charge is -2.17. The highest BCUT2D eigenvalue weighted by Crippen LogP contribution is 2.17. The highest BCUT2D eigenvalue weighted by molar-refractivity contribution is 9.10. The summed E-state index contributed by atoms with van der Waals surface area (Å²) < 4.78 is 6.21. The molecule has 104 valence electrons. The first-order valence-electron chi connectivity index (χ1n) is 5.92. The number of benzene rings is 1. The van der Waals surface area contributed by atoms with Crippen LogP contribution in [-0.4, -0.2) is 24.5 Å². The van der Waals surface area contributed by atoms with E-state index in [0.717, 1.165) is 10.2 Å². The van der Waals surface area contributed by atoms with Gasteiger partial charge < -0.3 is 15.4 Å². The summed E-state index contributed by atoms with van der Waals surface area (Å²) in [6.07, 6.45) is 3.20. The molecule has 2 rings (SSSR count). The average molecular weight is 336 g/mol. The number of amides is 1. The normalized spacial score (nSPS) is 10.1. The molecule has 0 unspecified atom stereocenters. The predicted molar refractivity (Wildman–Crippen MR) is 81.7 cm³/mol. The van der Waals surface area contributed by atoms with Crippen molar-refractivity contribution < 1.29 is 9.53 Å². The minimum atomic E-state index is -0.158. The fourth-order valence-electron chi connectivity index (χ4n) is 1.56. The van der Waals surface area contributed by atoms with Crippen LogP contribution in [0.1, 0.15) is 0 Å². The van der Waals surface area contributed by atoms with Crippen molar-refractivity contribution in [3.05, 3.63) is 47.2 Å². The third-order valence-corrected chi connectivity index (χ3v) is 3.13. The van der Waals surface area contributed by atoms with Crippen LogP contribution in [0.3, 0.4) is 0 Å². The number of halogens is 1. The summed E-state index contributed by atoms with van der Waals surface area (Å²) in [5.41, 5.74) is 7.03. The van der Waals surface area contributed by atoms with Gasteiger partial charge in [0.1, 0.15) is 5.75 Å². The molecule has 0 fully saturated rings. The second-order valence-corrected chi connectivity index (χ2v) is 5.09. The average Bonchev–Trinajstić information content (AvgIpc) is 2.45. The zero-order chi connectivity index (χ0) is 14.5. The Morgan fingerprint density at radius 2 is 2.05 bits per heavy atom. The molecule has 0 radical (unpaired) electrons. The molecule has 1 heterocycles. The van der Waals surface area contributed by atoms with Crippen LogP contribution in [0.5, 0.6) is 5.75 Å². The van der Waals surface area contributed by atoms with E-state index in [4.69, 9.17) is 10.5 Å². The highest BCUT2D eigenvalue weighted by atomic mass is 79.9. The number of anilines is 2. The SMILES string of the molecule is CN(C(=O)COc1cncc(Br)c1)c1ccc(N)cc1. The van der Waals surface area contributed by atoms with Crippen LogP contribution in [0.2, 0.25) is 0 Å². The lowest BCUT2D eigenvalue weighted by Crippen LogP contribution is -2.31. The van der Waals surface area contributed by atoms with E-state index < -0.39 is 0 Å². The van der Waals surface area contributed by atoms with Crippen molar-refractivity contribution in [1.29, 1.82) is 0 Å². The van der Waals surface area contributed by atoms with Gasteiger partial charge in [-0.05, 0) is 46.3 Å². The molecule has 0 spiro atoms. The van der Waals surface area contributed by atoms with Gasteiger partial charge in [0.2, 0.25) is 0 Å². The van der Waals surface area contributed by atoms with Gasteiger partial charge in [-0.25, -0.2) is 0 Å². The topological polar surface area (TPSA) is 68.5 Å². The van der Waals surface area contributed by atoms with E-state index in [1.165, 1.54) is 4.90 Å². The molecule has 0 aliphatic heterocycles. The van der Waals surface area contributed by atoms with Gasteiger partial charge >= 0.3 is 0 Å². The lowest BCUT2D eigenvalue weighted by molar-refractivity contribution is -0.120. The number of hydrogen-bond acceptors (Lipinski definition) is 4. The number of nitrogens with zero attached hydrogens (tertiary/aromatic N) is 2. The molecule has 1 amide bonds. The van der Waals surface area contributed by atoms with E-state index in [0.29, 0.717) is 11.4 Å². The first-order chi connectivity index (χ1) is 9.56. The standard InChI is InChI=1S/C14H14BrN3O2/c1-18(12-4-2-11(16)3-5-12)14(19)9-20-13-6-10(15)7-17-8-13/h2-8H,9,16H2,1H3. The van der Waals surface area contributed by atoms with Gasteiger partial charge in [-0.1, -0.05) is 0 Å². The Hall–Kier alpha value is -2.08. The molecular formula is C14H14BrN3O2. The molecule has 20 heavy (non-hydrogen) atoms. The van der Waals surface area contributed by atoms with Crippen molar-refractivity contribution in [1.82, 2.24) is 4.98 Å². The molecule has 1 aromatic carbocycles. The number of likely N-dealkylation sites (N-methyl/N-ethyl adjacent to an activating group) is 1. The van der Waals surface area contributed by atoms with Crippen LogP contribution in [0.15, 0.2) is 47.2 Å². The summed E-state index contributed by atoms with van der Waals surface area (Å²) >= 11 is 3.29. The highest BCUT2D eigenvalue weighted by Gasteiger charge is 2.11. The number of nitrogen functional groups attached to an aromatic ring is 1. The fourth-order valence-corrected chi connectivity index (χ4v) is 1.90. The van der Waals surface area contributed by atoms with Gasteiger partial charge in [0.15, 0.2) is 6.61 Å². The molecule has 0 saturated carbocycles. The predicted octanol–water partition coefficient (Wildman–Crippen LogP) is 2.47. The van der Waals surface area contributed by atoms with Crippen molar-refractivity contribution in [2.75, 3.05) is 24.3 Å². The second-order valence-electron chi connectivity index (χ2n) is 4.17. The first-order valence-corrected chi connectivity index (χ1v) is 6.71. The maximum atomic E-state index is 12.0. The number of carbonyl (C=O) groups is 1. The number of ether oxygens (including phenoxy) is 1. The molecule has 2 N–H and O–H groups in total. The second kappa shape index (κ2) is 6.38. The zero-order valence-electron chi connectivity index (χ0n) is 10.9. The van der Waals surface area contributed by atoms with Crippen LogP contribution in [0, 0.1) is 0 Å². The summed E-state index contributed by atoms with van der Waals surface area (Å²) in [6.45, 7) is -0.0565. The molecule has 0 aliphatic carbocycles. The van der Waals surface area contributed by atoms with E-state index in [-0.39, 0.29) is 12.5 Å². The van der Waals surface area contributed by atoms with E-state index in [1.807, 2.05) is 0 Å². The number of rotatable bonds is 4. The molecular weight excluding hydrogens is 322 g/mol. The lowest BCUT2D eigenvalue weighted by atomic mass is 10.2. The number of aromatic nitrogens is 1. The maximum Gasteiger partial charge on any atom is 0.264 e. The Bertz CT molecular complexity index is 602. The number of pyridine rings is 1. The van der Waals surface area contributed by atoms with Crippen molar-refractivity contribution in [3.63, 3.8) is 0 Å². The molecule has 5 nitrogen and oxygen atoms in total. The summed E-state index contributed by atoms with van der Waals surface area (Å²) in [6, 6.07) is 8.82. The van der Waals surface area contributed by atoms with E-state index in [9.17, 15) is 4.79 Å². The van der Waals surface area contributed by atoms with Gasteiger partial charge in [-0.3, -0.25) is 9.78 Å². The Labute approximate surface area is 125 Å². The van der Waals surface area contributed by atoms with Crippen LogP contribution in [0.25, 0.3) is 0 Å². The molecule has 2 aromatic rings. The minimum Gasteiger partial charge on any atom is -0.482 e. The molecule has 0 saturated heterocycles. The van der Waals surface area contributed by atoms with Crippen LogP contribution >= 0.6 is 15.9 Å². The van der Waals surface area contributed by atoms with Crippen molar-refractivity contribution in [2.45, 2.75) is 0 Å². The fraction of sp³-hybridized carbons (Fsp3) is 0.143. The smallest absolute Gasteiger partial charge is 0.264 e. The summed E-state index contributed by atoms with van der Waals surface area (Å²) in [5.74, 6) is 0.383. The molecule has 6 heteroatoms. The first kappa shape index (κ1) is 14.3. The van der Waals surface area contributed by atoms with Gasteiger partial charge in [-0.2, -0.15) is 0 Å². The van der Waals surface area contributed by atoms with Crippen LogP contribution < -0.4 is 15.4 Å². The third-order valence-electron chi connectivity index (χ3n) is 2.70. The van der Waals surface area contributed by atoms with Crippen molar-refractivity contribution in [2.24, 2.45) is 0 Å². The third kappa shape index (κ3) is 3.71. The van der Waals surface area contributed by atoms with E-state index in [2.05, 4.69) is 20.9 Å². The summed E-state index contributed by atoms with van der Waals surface area (Å²) in [7, 11) is 1.69. The Morgan fingerprint density at radius 3 is 2.70 bits per heavy atom. The summed E-state index contributed by atoms with van der Waals surface area (Å²) in [4.78, 5) is 17.5. The number of carbonyl (C=O) groups excluding carboxylic acids is 1. The molecule has 1 aromatic heterocycles. The van der Waals surface area contributed by atoms with Gasteiger partial charge in [0.05, 0.1) is 6.20 Å². The molecule has 0 aliphatic rings. The maximum absolute atomic E-state index is 12.0. The zero-order valence-corrected chi connectivity index (χ0v) is 12.5. The van der Waals surface area contributed by atoms with Crippen LogP contribution in [0.4, 0.5) is 11.4 Å². The van der Waals surface area contributed by atoms with Gasteiger partial charge in [0, 0.05) is 29.1 Å². The quantitative estimate of drug-likeness (QED) is 0.871. The number of hydrogen-bond donors (Lipinski definition) is 1. The van der Waals surface area contributed by atoms with Crippen molar-refractivity contribution in [3.8, 4) is 5.75 Å². The Balaban J connectivity index is 1.96. The number of nitrogens with two attached hydrogens (primary N) is 1. The molecule has 0 bridgehead atoms. The molecule has 0 atom stereocenters. The largest absolute Gasteiger partial charge is 0.482 e. The Kier molecular flexibility index (Phi) is 4.57.